The van der Waals surface area contributed by atoms with Crippen LogP contribution in [0.15, 0.2) is 85.1 Å². The van der Waals surface area contributed by atoms with Crippen LogP contribution in [0.4, 0.5) is 0 Å². The van der Waals surface area contributed by atoms with E-state index in [9.17, 15) is 14.4 Å². The summed E-state index contributed by atoms with van der Waals surface area (Å²) in [7, 11) is 0. The molecule has 0 radical (unpaired) electrons. The molecule has 0 saturated heterocycles. The first-order chi connectivity index (χ1) is 35.0. The maximum atomic E-state index is 12.9. The number of rotatable bonds is 54. The summed E-state index contributed by atoms with van der Waals surface area (Å²) in [5.74, 6) is -0.902. The molecule has 408 valence electrons. The maximum Gasteiger partial charge on any atom is 0.306 e. The SMILES string of the molecule is CC/C=C\C/C=C\C/C=C\C/C=C\CCCCCCCCCCCCCCC(=O)OCC(COC(=O)CCCCCCC/C=C\CCCCCC)OC(=O)CCCCCCC/C=C\C/C=C\CCCCC. The van der Waals surface area contributed by atoms with Crippen molar-refractivity contribution in [2.75, 3.05) is 13.2 Å². The van der Waals surface area contributed by atoms with Gasteiger partial charge in [0.1, 0.15) is 13.2 Å². The zero-order chi connectivity index (χ0) is 51.4. The molecule has 1 unspecified atom stereocenters. The molecule has 6 heteroatoms. The predicted octanol–water partition coefficient (Wildman–Crippen LogP) is 20.3. The molecule has 0 spiro atoms. The van der Waals surface area contributed by atoms with Crippen LogP contribution in [0.1, 0.15) is 290 Å². The van der Waals surface area contributed by atoms with Gasteiger partial charge in [0.05, 0.1) is 0 Å². The Morgan fingerprint density at radius 1 is 0.296 bits per heavy atom. The first-order valence-corrected chi connectivity index (χ1v) is 30.1. The molecule has 6 nitrogen and oxygen atoms in total. The predicted molar refractivity (Wildman–Crippen MR) is 307 cm³/mol. The van der Waals surface area contributed by atoms with Crippen LogP contribution in [0.5, 0.6) is 0 Å². The van der Waals surface area contributed by atoms with Gasteiger partial charge in [0.2, 0.25) is 0 Å². The van der Waals surface area contributed by atoms with E-state index in [-0.39, 0.29) is 31.1 Å². The summed E-state index contributed by atoms with van der Waals surface area (Å²) in [5.41, 5.74) is 0. The minimum absolute atomic E-state index is 0.0848. The van der Waals surface area contributed by atoms with Gasteiger partial charge >= 0.3 is 17.9 Å². The molecular formula is C65H112O6. The molecule has 71 heavy (non-hydrogen) atoms. The Labute approximate surface area is 439 Å². The van der Waals surface area contributed by atoms with Crippen molar-refractivity contribution in [1.82, 2.24) is 0 Å². The van der Waals surface area contributed by atoms with Crippen LogP contribution in [-0.4, -0.2) is 37.2 Å². The molecule has 0 aromatic rings. The van der Waals surface area contributed by atoms with Crippen molar-refractivity contribution >= 4 is 17.9 Å². The van der Waals surface area contributed by atoms with E-state index >= 15 is 0 Å². The third kappa shape index (κ3) is 57.4. The number of hydrogen-bond acceptors (Lipinski definition) is 6. The Morgan fingerprint density at radius 2 is 0.549 bits per heavy atom. The molecule has 0 fully saturated rings. The summed E-state index contributed by atoms with van der Waals surface area (Å²) in [6, 6.07) is 0. The molecule has 0 heterocycles. The quantitative estimate of drug-likeness (QED) is 0.0261. The third-order valence-electron chi connectivity index (χ3n) is 12.9. The molecule has 0 bridgehead atoms. The highest BCUT2D eigenvalue weighted by Crippen LogP contribution is 2.15. The van der Waals surface area contributed by atoms with Crippen molar-refractivity contribution in [2.24, 2.45) is 0 Å². The second kappa shape index (κ2) is 59.2. The topological polar surface area (TPSA) is 78.9 Å². The molecule has 0 saturated carbocycles. The molecule has 0 aromatic heterocycles. The Bertz CT molecular complexity index is 1370. The van der Waals surface area contributed by atoms with Crippen LogP contribution in [-0.2, 0) is 28.6 Å². The number of hydrogen-bond donors (Lipinski definition) is 0. The summed E-state index contributed by atoms with van der Waals surface area (Å²) in [6.07, 6.45) is 77.2. The fourth-order valence-electron chi connectivity index (χ4n) is 8.34. The summed E-state index contributed by atoms with van der Waals surface area (Å²) in [5, 5.41) is 0. The standard InChI is InChI=1S/C65H112O6/c1-4-7-10-13-16-19-22-25-27-28-29-30-31-32-33-34-35-36-38-40-43-46-49-52-55-58-64(67)70-61-62(60-69-63(66)57-54-51-48-45-42-39-24-21-18-15-12-9-6-3)71-65(68)59-56-53-50-47-44-41-37-26-23-20-17-14-11-8-5-2/h7,10,16-17,19-21,24-27,29-30,37,62H,4-6,8-9,11-15,18,22-23,28,31-36,38-61H2,1-3H3/b10-7-,19-16-,20-17-,24-21-,27-25-,30-29-,37-26-. The van der Waals surface area contributed by atoms with E-state index in [1.807, 2.05) is 0 Å². The summed E-state index contributed by atoms with van der Waals surface area (Å²) in [4.78, 5) is 38.2. The molecule has 1 atom stereocenters. The zero-order valence-corrected chi connectivity index (χ0v) is 46.7. The van der Waals surface area contributed by atoms with Crippen molar-refractivity contribution in [1.29, 1.82) is 0 Å². The van der Waals surface area contributed by atoms with Crippen molar-refractivity contribution in [3.05, 3.63) is 85.1 Å². The Balaban J connectivity index is 4.30. The fraction of sp³-hybridized carbons (Fsp3) is 0.738. The first kappa shape index (κ1) is 67.6. The summed E-state index contributed by atoms with van der Waals surface area (Å²) < 4.78 is 16.9. The number of carbonyl (C=O) groups is 3. The van der Waals surface area contributed by atoms with Crippen molar-refractivity contribution in [3.8, 4) is 0 Å². The van der Waals surface area contributed by atoms with Crippen LogP contribution in [0.25, 0.3) is 0 Å². The monoisotopic (exact) mass is 989 g/mol. The van der Waals surface area contributed by atoms with Crippen molar-refractivity contribution < 1.29 is 28.6 Å². The molecular weight excluding hydrogens is 877 g/mol. The fourth-order valence-corrected chi connectivity index (χ4v) is 8.34. The third-order valence-corrected chi connectivity index (χ3v) is 12.9. The van der Waals surface area contributed by atoms with Gasteiger partial charge < -0.3 is 14.2 Å². The second-order valence-electron chi connectivity index (χ2n) is 19.9. The largest absolute Gasteiger partial charge is 0.462 e. The van der Waals surface area contributed by atoms with E-state index in [0.29, 0.717) is 19.3 Å². The number of esters is 3. The number of allylic oxidation sites excluding steroid dienone is 14. The molecule has 0 aromatic carbocycles. The lowest BCUT2D eigenvalue weighted by molar-refractivity contribution is -0.167. The summed E-state index contributed by atoms with van der Waals surface area (Å²) >= 11 is 0. The maximum absolute atomic E-state index is 12.9. The van der Waals surface area contributed by atoms with E-state index in [4.69, 9.17) is 14.2 Å². The van der Waals surface area contributed by atoms with Crippen LogP contribution >= 0.6 is 0 Å². The van der Waals surface area contributed by atoms with E-state index in [1.165, 1.54) is 135 Å². The smallest absolute Gasteiger partial charge is 0.306 e. The average molecular weight is 990 g/mol. The van der Waals surface area contributed by atoms with E-state index in [0.717, 1.165) is 116 Å². The summed E-state index contributed by atoms with van der Waals surface area (Å²) in [6.45, 7) is 6.48. The van der Waals surface area contributed by atoms with Gasteiger partial charge in [0.15, 0.2) is 6.10 Å². The highest BCUT2D eigenvalue weighted by molar-refractivity contribution is 5.71. The average Bonchev–Trinajstić information content (AvgIpc) is 3.37. The first-order valence-electron chi connectivity index (χ1n) is 30.1. The van der Waals surface area contributed by atoms with Gasteiger partial charge in [-0.25, -0.2) is 0 Å². The lowest BCUT2D eigenvalue weighted by Crippen LogP contribution is -2.30. The van der Waals surface area contributed by atoms with E-state index < -0.39 is 6.10 Å². The molecule has 0 aliphatic rings. The Morgan fingerprint density at radius 3 is 0.901 bits per heavy atom. The van der Waals surface area contributed by atoms with Gasteiger partial charge in [-0.1, -0.05) is 241 Å². The minimum atomic E-state index is -0.788. The minimum Gasteiger partial charge on any atom is -0.462 e. The molecule has 0 amide bonds. The van der Waals surface area contributed by atoms with Crippen LogP contribution in [0.2, 0.25) is 0 Å². The normalized spacial score (nSPS) is 12.7. The Kier molecular flexibility index (Phi) is 56.3. The molecule has 0 aliphatic carbocycles. The molecule has 0 rings (SSSR count). The van der Waals surface area contributed by atoms with E-state index in [2.05, 4.69) is 106 Å². The zero-order valence-electron chi connectivity index (χ0n) is 46.7. The van der Waals surface area contributed by atoms with E-state index in [1.54, 1.807) is 0 Å². The Hall–Kier alpha value is -3.41. The lowest BCUT2D eigenvalue weighted by Gasteiger charge is -2.18. The highest BCUT2D eigenvalue weighted by atomic mass is 16.6. The van der Waals surface area contributed by atoms with Crippen LogP contribution in [0, 0.1) is 0 Å². The van der Waals surface area contributed by atoms with Gasteiger partial charge in [0.25, 0.3) is 0 Å². The highest BCUT2D eigenvalue weighted by Gasteiger charge is 2.19. The molecule has 0 N–H and O–H groups in total. The van der Waals surface area contributed by atoms with Crippen molar-refractivity contribution in [2.45, 2.75) is 297 Å². The second-order valence-corrected chi connectivity index (χ2v) is 19.9. The lowest BCUT2D eigenvalue weighted by atomic mass is 10.0. The van der Waals surface area contributed by atoms with Crippen LogP contribution < -0.4 is 0 Å². The van der Waals surface area contributed by atoms with Gasteiger partial charge in [-0.3, -0.25) is 14.4 Å². The van der Waals surface area contributed by atoms with Gasteiger partial charge in [-0.2, -0.15) is 0 Å². The van der Waals surface area contributed by atoms with Gasteiger partial charge in [0, 0.05) is 19.3 Å². The van der Waals surface area contributed by atoms with Crippen LogP contribution in [0.3, 0.4) is 0 Å². The van der Waals surface area contributed by atoms with Gasteiger partial charge in [-0.05, 0) is 116 Å². The van der Waals surface area contributed by atoms with Crippen molar-refractivity contribution in [3.63, 3.8) is 0 Å². The van der Waals surface area contributed by atoms with Gasteiger partial charge in [-0.15, -0.1) is 0 Å². The number of ether oxygens (including phenoxy) is 3. The molecule has 0 aliphatic heterocycles. The number of carbonyl (C=O) groups excluding carboxylic acids is 3. The number of unbranched alkanes of at least 4 members (excludes halogenated alkanes) is 29.